The molecule has 0 aromatic heterocycles. The van der Waals surface area contributed by atoms with Crippen LogP contribution < -0.4 is 0 Å². The van der Waals surface area contributed by atoms with E-state index in [0.717, 1.165) is 18.7 Å². The van der Waals surface area contributed by atoms with Crippen molar-refractivity contribution < 1.29 is 4.79 Å². The Kier molecular flexibility index (Phi) is 6.25. The molecule has 0 aliphatic rings. The van der Waals surface area contributed by atoms with Crippen molar-refractivity contribution in [2.75, 3.05) is 13.1 Å². The van der Waals surface area contributed by atoms with E-state index in [-0.39, 0.29) is 5.91 Å². The summed E-state index contributed by atoms with van der Waals surface area (Å²) in [4.78, 5) is 14.6. The van der Waals surface area contributed by atoms with E-state index in [4.69, 9.17) is 0 Å². The minimum Gasteiger partial charge on any atom is -0.338 e. The summed E-state index contributed by atoms with van der Waals surface area (Å²) in [6, 6.07) is 8.07. The van der Waals surface area contributed by atoms with Gasteiger partial charge in [0.05, 0.1) is 0 Å². The first-order chi connectivity index (χ1) is 9.31. The average molecular weight is 275 g/mol. The van der Waals surface area contributed by atoms with Crippen molar-refractivity contribution in [3.63, 3.8) is 0 Å². The van der Waals surface area contributed by atoms with Crippen molar-refractivity contribution in [2.45, 2.75) is 47.5 Å². The lowest BCUT2D eigenvalue weighted by Crippen LogP contribution is -2.37. The summed E-state index contributed by atoms with van der Waals surface area (Å²) in [6.45, 7) is 14.6. The van der Waals surface area contributed by atoms with Crippen molar-refractivity contribution in [2.24, 2.45) is 11.8 Å². The zero-order valence-corrected chi connectivity index (χ0v) is 13.8. The third-order valence-corrected chi connectivity index (χ3v) is 3.28. The molecule has 0 aliphatic heterocycles. The van der Waals surface area contributed by atoms with E-state index in [1.807, 2.05) is 17.0 Å². The molecular formula is C18H29NO. The molecule has 2 nitrogen and oxygen atoms in total. The Balaban J connectivity index is 2.87. The van der Waals surface area contributed by atoms with Gasteiger partial charge >= 0.3 is 0 Å². The second-order valence-electron chi connectivity index (χ2n) is 6.77. The molecular weight excluding hydrogens is 246 g/mol. The summed E-state index contributed by atoms with van der Waals surface area (Å²) in [5.41, 5.74) is 2.08. The predicted molar refractivity (Wildman–Crippen MR) is 86.1 cm³/mol. The molecule has 0 fully saturated rings. The van der Waals surface area contributed by atoms with E-state index in [0.29, 0.717) is 17.8 Å². The van der Waals surface area contributed by atoms with Gasteiger partial charge in [-0.3, -0.25) is 4.79 Å². The first kappa shape index (κ1) is 16.7. The van der Waals surface area contributed by atoms with Gasteiger partial charge in [-0.1, -0.05) is 53.7 Å². The molecule has 0 saturated carbocycles. The highest BCUT2D eigenvalue weighted by Crippen LogP contribution is 2.16. The van der Waals surface area contributed by atoms with Crippen LogP contribution in [-0.4, -0.2) is 23.9 Å². The molecule has 20 heavy (non-hydrogen) atoms. The van der Waals surface area contributed by atoms with E-state index in [9.17, 15) is 4.79 Å². The van der Waals surface area contributed by atoms with Crippen LogP contribution in [0.1, 0.15) is 63.4 Å². The van der Waals surface area contributed by atoms with Crippen LogP contribution in [-0.2, 0) is 0 Å². The monoisotopic (exact) mass is 275 g/mol. The minimum absolute atomic E-state index is 0.155. The molecule has 1 aromatic rings. The number of carbonyl (C=O) groups is 1. The number of nitrogens with zero attached hydrogens (tertiary/aromatic N) is 1. The number of hydrogen-bond donors (Lipinski definition) is 0. The molecule has 1 aromatic carbocycles. The Morgan fingerprint density at radius 3 is 1.70 bits per heavy atom. The van der Waals surface area contributed by atoms with Gasteiger partial charge in [0.25, 0.3) is 5.91 Å². The number of rotatable bonds is 6. The van der Waals surface area contributed by atoms with Crippen LogP contribution in [0.25, 0.3) is 0 Å². The van der Waals surface area contributed by atoms with Gasteiger partial charge in [-0.25, -0.2) is 0 Å². The van der Waals surface area contributed by atoms with E-state index < -0.39 is 0 Å². The number of hydrogen-bond acceptors (Lipinski definition) is 1. The number of amides is 1. The van der Waals surface area contributed by atoms with Crippen LogP contribution in [0.2, 0.25) is 0 Å². The first-order valence-electron chi connectivity index (χ1n) is 7.70. The van der Waals surface area contributed by atoms with Crippen molar-refractivity contribution in [1.82, 2.24) is 4.90 Å². The van der Waals surface area contributed by atoms with Gasteiger partial charge in [-0.15, -0.1) is 0 Å². The molecule has 0 N–H and O–H groups in total. The molecule has 0 atom stereocenters. The summed E-state index contributed by atoms with van der Waals surface area (Å²) in [7, 11) is 0. The Labute approximate surface area is 124 Å². The molecule has 0 saturated heterocycles. The quantitative estimate of drug-likeness (QED) is 0.745. The van der Waals surface area contributed by atoms with Crippen molar-refractivity contribution in [3.8, 4) is 0 Å². The fourth-order valence-corrected chi connectivity index (χ4v) is 2.32. The van der Waals surface area contributed by atoms with Crippen LogP contribution in [0.4, 0.5) is 0 Å². The van der Waals surface area contributed by atoms with Crippen LogP contribution >= 0.6 is 0 Å². The van der Waals surface area contributed by atoms with Crippen LogP contribution in [0.3, 0.4) is 0 Å². The van der Waals surface area contributed by atoms with Gasteiger partial charge < -0.3 is 4.90 Å². The molecule has 0 aliphatic carbocycles. The van der Waals surface area contributed by atoms with Crippen molar-refractivity contribution in [3.05, 3.63) is 35.4 Å². The Morgan fingerprint density at radius 2 is 1.35 bits per heavy atom. The number of carbonyl (C=O) groups excluding carboxylic acids is 1. The molecule has 112 valence electrons. The highest BCUT2D eigenvalue weighted by atomic mass is 16.2. The maximum Gasteiger partial charge on any atom is 0.253 e. The zero-order chi connectivity index (χ0) is 15.3. The van der Waals surface area contributed by atoms with Gasteiger partial charge in [0.2, 0.25) is 0 Å². The SMILES string of the molecule is CC(C)CN(CC(C)C)C(=O)c1ccc(C(C)C)cc1. The highest BCUT2D eigenvalue weighted by molar-refractivity contribution is 5.94. The van der Waals surface area contributed by atoms with Gasteiger partial charge in [0.1, 0.15) is 0 Å². The number of benzene rings is 1. The predicted octanol–water partition coefficient (Wildman–Crippen LogP) is 4.56. The summed E-state index contributed by atoms with van der Waals surface area (Å²) < 4.78 is 0. The highest BCUT2D eigenvalue weighted by Gasteiger charge is 2.18. The maximum atomic E-state index is 12.6. The minimum atomic E-state index is 0.155. The molecule has 0 unspecified atom stereocenters. The van der Waals surface area contributed by atoms with Crippen LogP contribution in [0, 0.1) is 11.8 Å². The largest absolute Gasteiger partial charge is 0.338 e. The summed E-state index contributed by atoms with van der Waals surface area (Å²) in [5.74, 6) is 1.64. The Bertz CT molecular complexity index is 408. The molecule has 0 heterocycles. The average Bonchev–Trinajstić information content (AvgIpc) is 2.36. The third kappa shape index (κ3) is 4.99. The van der Waals surface area contributed by atoms with Crippen LogP contribution in [0.15, 0.2) is 24.3 Å². The molecule has 1 amide bonds. The molecule has 1 rings (SSSR count). The smallest absolute Gasteiger partial charge is 0.253 e. The molecule has 0 radical (unpaired) electrons. The zero-order valence-electron chi connectivity index (χ0n) is 13.8. The lowest BCUT2D eigenvalue weighted by atomic mass is 10.0. The van der Waals surface area contributed by atoms with Crippen molar-refractivity contribution >= 4 is 5.91 Å². The second kappa shape index (κ2) is 7.47. The summed E-state index contributed by atoms with van der Waals surface area (Å²) >= 11 is 0. The normalized spacial score (nSPS) is 11.4. The summed E-state index contributed by atoms with van der Waals surface area (Å²) in [5, 5.41) is 0. The Hall–Kier alpha value is -1.31. The van der Waals surface area contributed by atoms with E-state index in [2.05, 4.69) is 53.7 Å². The third-order valence-electron chi connectivity index (χ3n) is 3.28. The second-order valence-corrected chi connectivity index (χ2v) is 6.77. The van der Waals surface area contributed by atoms with E-state index in [1.165, 1.54) is 5.56 Å². The molecule has 2 heteroatoms. The lowest BCUT2D eigenvalue weighted by molar-refractivity contribution is 0.0715. The van der Waals surface area contributed by atoms with E-state index >= 15 is 0 Å². The van der Waals surface area contributed by atoms with Gasteiger partial charge in [-0.05, 0) is 35.4 Å². The Morgan fingerprint density at radius 1 is 0.900 bits per heavy atom. The molecule has 0 spiro atoms. The van der Waals surface area contributed by atoms with Gasteiger partial charge in [-0.2, -0.15) is 0 Å². The van der Waals surface area contributed by atoms with Gasteiger partial charge in [0.15, 0.2) is 0 Å². The lowest BCUT2D eigenvalue weighted by Gasteiger charge is -2.26. The summed E-state index contributed by atoms with van der Waals surface area (Å²) in [6.07, 6.45) is 0. The maximum absolute atomic E-state index is 12.6. The standard InChI is InChI=1S/C18H29NO/c1-13(2)11-19(12-14(3)4)18(20)17-9-7-16(8-10-17)15(5)6/h7-10,13-15H,11-12H2,1-6H3. The van der Waals surface area contributed by atoms with Crippen LogP contribution in [0.5, 0.6) is 0 Å². The van der Waals surface area contributed by atoms with Crippen molar-refractivity contribution in [1.29, 1.82) is 0 Å². The fourth-order valence-electron chi connectivity index (χ4n) is 2.32. The topological polar surface area (TPSA) is 20.3 Å². The van der Waals surface area contributed by atoms with E-state index in [1.54, 1.807) is 0 Å². The molecule has 0 bridgehead atoms. The first-order valence-corrected chi connectivity index (χ1v) is 7.70. The van der Waals surface area contributed by atoms with Gasteiger partial charge in [0, 0.05) is 18.7 Å². The fraction of sp³-hybridized carbons (Fsp3) is 0.611.